The Morgan fingerprint density at radius 3 is 1.26 bits per heavy atom. The summed E-state index contributed by atoms with van der Waals surface area (Å²) in [6.07, 6.45) is 6.82. The Morgan fingerprint density at radius 1 is 0.487 bits per heavy atom. The van der Waals surface area contributed by atoms with Gasteiger partial charge >= 0.3 is 0 Å². The average Bonchev–Trinajstić information content (AvgIpc) is 3.47. The topological polar surface area (TPSA) is 36.9 Å². The zero-order valence-electron chi connectivity index (χ0n) is 22.6. The molecule has 0 radical (unpaired) electrons. The lowest BCUT2D eigenvalue weighted by Crippen LogP contribution is -2.26. The van der Waals surface area contributed by atoms with Gasteiger partial charge in [-0.1, -0.05) is 91.0 Å². The lowest BCUT2D eigenvalue weighted by Gasteiger charge is -2.33. The van der Waals surface area contributed by atoms with Crippen LogP contribution in [0.15, 0.2) is 121 Å². The van der Waals surface area contributed by atoms with E-state index in [2.05, 4.69) is 66.8 Å². The van der Waals surface area contributed by atoms with Crippen LogP contribution in [0.3, 0.4) is 0 Å². The lowest BCUT2D eigenvalue weighted by molar-refractivity contribution is 0.417. The van der Waals surface area contributed by atoms with Crippen molar-refractivity contribution in [3.05, 3.63) is 121 Å². The monoisotopic (exact) mass is 554 g/mol. The van der Waals surface area contributed by atoms with Gasteiger partial charge in [-0.15, -0.1) is 0 Å². The molecule has 0 aromatic heterocycles. The van der Waals surface area contributed by atoms with Gasteiger partial charge in [-0.2, -0.15) is 0 Å². The van der Waals surface area contributed by atoms with Gasteiger partial charge in [0, 0.05) is 26.9 Å². The van der Waals surface area contributed by atoms with Gasteiger partial charge in [-0.3, -0.25) is 0 Å². The van der Waals surface area contributed by atoms with E-state index in [0.717, 1.165) is 33.6 Å². The molecule has 1 aliphatic rings. The van der Waals surface area contributed by atoms with Gasteiger partial charge < -0.3 is 18.9 Å². The summed E-state index contributed by atoms with van der Waals surface area (Å²) >= 11 is 0. The molecule has 0 aliphatic heterocycles. The Balaban J connectivity index is 1.75. The number of allylic oxidation sites excluding steroid dienone is 4. The maximum absolute atomic E-state index is 5.92. The third-order valence-electron chi connectivity index (χ3n) is 6.74. The first-order chi connectivity index (χ1) is 19.2. The molecule has 1 aliphatic carbocycles. The van der Waals surface area contributed by atoms with Crippen molar-refractivity contribution in [1.82, 2.24) is 0 Å². The molecule has 39 heavy (non-hydrogen) atoms. The third-order valence-corrected chi connectivity index (χ3v) is 12.4. The summed E-state index contributed by atoms with van der Waals surface area (Å²) in [7, 11) is 5.01. The summed E-state index contributed by atoms with van der Waals surface area (Å²) in [5.74, 6) is 3.51. The van der Waals surface area contributed by atoms with Crippen molar-refractivity contribution >= 4 is 37.1 Å². The van der Waals surface area contributed by atoms with Crippen molar-refractivity contribution in [3.63, 3.8) is 0 Å². The standard InChI is InChI=1S/C33H32O4P2/c1-34-24-14-5-9-18-28(24)38(29-19-10-6-15-25(29)35-2)32-22-13-23-33(32)39(30-20-11-7-16-26(30)36-3)31-21-12-8-17-27(31)37-4/h5-23,32H,1-4H3. The SMILES string of the molecule is COc1ccccc1P(C1=CC=CC1P(c1ccccc1OC)c1ccccc1OC)c1ccccc1OC. The molecule has 5 rings (SSSR count). The van der Waals surface area contributed by atoms with Gasteiger partial charge in [0.25, 0.3) is 0 Å². The van der Waals surface area contributed by atoms with E-state index < -0.39 is 15.8 Å². The molecule has 0 spiro atoms. The van der Waals surface area contributed by atoms with E-state index in [9.17, 15) is 0 Å². The molecule has 1 unspecified atom stereocenters. The summed E-state index contributed by atoms with van der Waals surface area (Å²) in [6.45, 7) is 0. The first kappa shape index (κ1) is 27.0. The van der Waals surface area contributed by atoms with E-state index >= 15 is 0 Å². The summed E-state index contributed by atoms with van der Waals surface area (Å²) < 4.78 is 23.7. The van der Waals surface area contributed by atoms with E-state index in [4.69, 9.17) is 18.9 Å². The average molecular weight is 555 g/mol. The second-order valence-corrected chi connectivity index (χ2v) is 13.2. The summed E-state index contributed by atoms with van der Waals surface area (Å²) in [6, 6.07) is 33.4. The van der Waals surface area contributed by atoms with Gasteiger partial charge in [0.2, 0.25) is 0 Å². The second kappa shape index (κ2) is 12.5. The highest BCUT2D eigenvalue weighted by molar-refractivity contribution is 7.80. The predicted molar refractivity (Wildman–Crippen MR) is 165 cm³/mol. The molecule has 4 aromatic rings. The van der Waals surface area contributed by atoms with Gasteiger partial charge in [0.05, 0.1) is 28.4 Å². The lowest BCUT2D eigenvalue weighted by atomic mass is 10.3. The smallest absolute Gasteiger partial charge is 0.127 e. The molecule has 0 N–H and O–H groups in total. The van der Waals surface area contributed by atoms with E-state index in [1.165, 1.54) is 15.9 Å². The molecular weight excluding hydrogens is 522 g/mol. The highest BCUT2D eigenvalue weighted by atomic mass is 31.1. The largest absolute Gasteiger partial charge is 0.496 e. The maximum Gasteiger partial charge on any atom is 0.127 e. The van der Waals surface area contributed by atoms with Crippen molar-refractivity contribution < 1.29 is 18.9 Å². The molecule has 4 aromatic carbocycles. The first-order valence-corrected chi connectivity index (χ1v) is 15.5. The van der Waals surface area contributed by atoms with Crippen LogP contribution < -0.4 is 40.2 Å². The number of para-hydroxylation sites is 4. The molecule has 0 heterocycles. The number of methoxy groups -OCH3 is 4. The van der Waals surface area contributed by atoms with Crippen LogP contribution in [0.25, 0.3) is 0 Å². The minimum absolute atomic E-state index is 0.105. The Bertz CT molecular complexity index is 1400. The van der Waals surface area contributed by atoms with Crippen molar-refractivity contribution in [1.29, 1.82) is 0 Å². The quantitative estimate of drug-likeness (QED) is 0.222. The molecule has 6 heteroatoms. The van der Waals surface area contributed by atoms with Crippen molar-refractivity contribution in [3.8, 4) is 23.0 Å². The minimum Gasteiger partial charge on any atom is -0.496 e. The molecule has 0 saturated heterocycles. The molecule has 4 nitrogen and oxygen atoms in total. The van der Waals surface area contributed by atoms with E-state index in [1.807, 2.05) is 48.5 Å². The fourth-order valence-electron chi connectivity index (χ4n) is 5.01. The van der Waals surface area contributed by atoms with E-state index in [-0.39, 0.29) is 5.66 Å². The van der Waals surface area contributed by atoms with Gasteiger partial charge in [0.1, 0.15) is 23.0 Å². The van der Waals surface area contributed by atoms with Crippen molar-refractivity contribution in [2.75, 3.05) is 28.4 Å². The van der Waals surface area contributed by atoms with Crippen LogP contribution in [-0.4, -0.2) is 34.1 Å². The summed E-state index contributed by atoms with van der Waals surface area (Å²) in [5, 5.41) is 6.01. The number of ether oxygens (including phenoxy) is 4. The molecule has 0 saturated carbocycles. The predicted octanol–water partition coefficient (Wildman–Crippen LogP) is 6.11. The van der Waals surface area contributed by atoms with Gasteiger partial charge in [-0.25, -0.2) is 0 Å². The first-order valence-electron chi connectivity index (χ1n) is 12.7. The molecule has 0 bridgehead atoms. The molecule has 198 valence electrons. The Morgan fingerprint density at radius 2 is 0.846 bits per heavy atom. The Hall–Kier alpha value is -3.58. The fraction of sp³-hybridized carbons (Fsp3) is 0.152. The van der Waals surface area contributed by atoms with E-state index in [1.54, 1.807) is 28.4 Å². The number of hydrogen-bond acceptors (Lipinski definition) is 4. The Kier molecular flexibility index (Phi) is 8.67. The number of benzene rings is 4. The molecule has 1 atom stereocenters. The van der Waals surface area contributed by atoms with Crippen LogP contribution in [-0.2, 0) is 0 Å². The zero-order valence-corrected chi connectivity index (χ0v) is 24.4. The summed E-state index contributed by atoms with van der Waals surface area (Å²) in [5.41, 5.74) is 0.105. The van der Waals surface area contributed by atoms with E-state index in [0.29, 0.717) is 0 Å². The highest BCUT2D eigenvalue weighted by Gasteiger charge is 2.37. The van der Waals surface area contributed by atoms with Crippen LogP contribution in [0, 0.1) is 0 Å². The molecular formula is C33H32O4P2. The zero-order chi connectivity index (χ0) is 27.2. The summed E-state index contributed by atoms with van der Waals surface area (Å²) in [4.78, 5) is 0. The van der Waals surface area contributed by atoms with Crippen molar-refractivity contribution in [2.45, 2.75) is 5.66 Å². The number of hydrogen-bond donors (Lipinski definition) is 0. The second-order valence-electron chi connectivity index (χ2n) is 8.81. The minimum atomic E-state index is -1.00. The van der Waals surface area contributed by atoms with Crippen LogP contribution in [0.4, 0.5) is 0 Å². The van der Waals surface area contributed by atoms with Crippen LogP contribution in [0.1, 0.15) is 0 Å². The van der Waals surface area contributed by atoms with Crippen molar-refractivity contribution in [2.24, 2.45) is 0 Å². The molecule has 0 fully saturated rings. The van der Waals surface area contributed by atoms with Gasteiger partial charge in [0.15, 0.2) is 0 Å². The molecule has 0 amide bonds. The highest BCUT2D eigenvalue weighted by Crippen LogP contribution is 2.59. The maximum atomic E-state index is 5.92. The number of rotatable bonds is 10. The van der Waals surface area contributed by atoms with Crippen LogP contribution in [0.2, 0.25) is 0 Å². The van der Waals surface area contributed by atoms with Crippen LogP contribution >= 0.6 is 15.8 Å². The Labute approximate surface area is 233 Å². The van der Waals surface area contributed by atoms with Gasteiger partial charge in [-0.05, 0) is 45.4 Å². The normalized spacial score (nSPS) is 14.4. The third kappa shape index (κ3) is 5.33. The van der Waals surface area contributed by atoms with Crippen LogP contribution in [0.5, 0.6) is 23.0 Å². The fourth-order valence-corrected chi connectivity index (χ4v) is 11.1.